The highest BCUT2D eigenvalue weighted by Gasteiger charge is 2.33. The van der Waals surface area contributed by atoms with Gasteiger partial charge in [-0.05, 0) is 38.1 Å². The van der Waals surface area contributed by atoms with E-state index in [2.05, 4.69) is 22.2 Å². The number of piperidine rings is 1. The summed E-state index contributed by atoms with van der Waals surface area (Å²) in [6.45, 7) is 6.30. The zero-order chi connectivity index (χ0) is 20.1. The lowest BCUT2D eigenvalue weighted by atomic mass is 10.1. The summed E-state index contributed by atoms with van der Waals surface area (Å²) in [6, 6.07) is 6.16. The topological polar surface area (TPSA) is 73.0 Å². The van der Waals surface area contributed by atoms with E-state index in [1.807, 2.05) is 0 Å². The standard InChI is InChI=1S/C19H29ClN4O3S.ClH/c1-22-10-12-23(13-11-22)9-7-21-19(25)24-8-3-6-18(15-24)28(26,27)17-5-2-4-16(20)14-17;/h2,4-5,14,18H,3,6-13,15H2,1H3,(H,21,25);1H. The second-order valence-corrected chi connectivity index (χ2v) is 10.3. The molecule has 1 aromatic rings. The Balaban J connectivity index is 0.00000300. The number of nitrogens with one attached hydrogen (secondary N) is 1. The Hall–Kier alpha value is -1.06. The number of likely N-dealkylation sites (N-methyl/N-ethyl adjacent to an activating group) is 1. The number of nitrogens with zero attached hydrogens (tertiary/aromatic N) is 3. The lowest BCUT2D eigenvalue weighted by Gasteiger charge is -2.34. The molecule has 0 radical (unpaired) electrons. The number of hydrogen-bond acceptors (Lipinski definition) is 5. The average molecular weight is 465 g/mol. The first-order valence-electron chi connectivity index (χ1n) is 9.79. The van der Waals surface area contributed by atoms with Gasteiger partial charge in [-0.2, -0.15) is 0 Å². The highest BCUT2D eigenvalue weighted by Crippen LogP contribution is 2.25. The molecule has 7 nitrogen and oxygen atoms in total. The van der Waals surface area contributed by atoms with E-state index in [0.717, 1.165) is 32.7 Å². The number of rotatable bonds is 5. The van der Waals surface area contributed by atoms with E-state index >= 15 is 0 Å². The van der Waals surface area contributed by atoms with E-state index in [1.165, 1.54) is 6.07 Å². The van der Waals surface area contributed by atoms with Crippen LogP contribution in [-0.4, -0.2) is 93.8 Å². The summed E-state index contributed by atoms with van der Waals surface area (Å²) in [5, 5.41) is 2.75. The van der Waals surface area contributed by atoms with Crippen LogP contribution in [0.2, 0.25) is 5.02 Å². The molecule has 29 heavy (non-hydrogen) atoms. The number of likely N-dealkylation sites (tertiary alicyclic amines) is 1. The lowest BCUT2D eigenvalue weighted by molar-refractivity contribution is 0.151. The second-order valence-electron chi connectivity index (χ2n) is 7.59. The Bertz CT molecular complexity index is 785. The third kappa shape index (κ3) is 6.46. The Kier molecular flexibility index (Phi) is 9.03. The third-order valence-corrected chi connectivity index (χ3v) is 7.94. The maximum atomic E-state index is 12.9. The first kappa shape index (κ1) is 24.2. The summed E-state index contributed by atoms with van der Waals surface area (Å²) < 4.78 is 25.9. The first-order valence-corrected chi connectivity index (χ1v) is 11.7. The number of hydrogen-bond donors (Lipinski definition) is 1. The van der Waals surface area contributed by atoms with Gasteiger partial charge in [0.05, 0.1) is 10.1 Å². The lowest BCUT2D eigenvalue weighted by Crippen LogP contribution is -2.51. The highest BCUT2D eigenvalue weighted by molar-refractivity contribution is 7.92. The molecular formula is C19H30Cl2N4O3S. The predicted octanol–water partition coefficient (Wildman–Crippen LogP) is 1.96. The van der Waals surface area contributed by atoms with Crippen LogP contribution in [-0.2, 0) is 9.84 Å². The molecular weight excluding hydrogens is 435 g/mol. The molecule has 0 spiro atoms. The van der Waals surface area contributed by atoms with E-state index in [0.29, 0.717) is 31.0 Å². The number of benzene rings is 1. The van der Waals surface area contributed by atoms with Crippen molar-refractivity contribution in [2.75, 3.05) is 59.4 Å². The molecule has 10 heteroatoms. The molecule has 2 saturated heterocycles. The molecule has 1 unspecified atom stereocenters. The monoisotopic (exact) mass is 464 g/mol. The average Bonchev–Trinajstić information content (AvgIpc) is 2.69. The Morgan fingerprint density at radius 1 is 1.21 bits per heavy atom. The molecule has 0 bridgehead atoms. The molecule has 2 amide bonds. The van der Waals surface area contributed by atoms with Crippen LogP contribution in [0.25, 0.3) is 0 Å². The van der Waals surface area contributed by atoms with Gasteiger partial charge in [0.25, 0.3) is 0 Å². The number of amides is 2. The number of urea groups is 1. The van der Waals surface area contributed by atoms with Crippen molar-refractivity contribution in [3.05, 3.63) is 29.3 Å². The van der Waals surface area contributed by atoms with Gasteiger partial charge in [0.15, 0.2) is 9.84 Å². The summed E-state index contributed by atoms with van der Waals surface area (Å²) in [5.41, 5.74) is 0. The zero-order valence-electron chi connectivity index (χ0n) is 16.7. The van der Waals surface area contributed by atoms with Crippen molar-refractivity contribution in [3.8, 4) is 0 Å². The Labute approximate surface area is 184 Å². The number of carbonyl (C=O) groups is 1. The molecule has 3 rings (SSSR count). The van der Waals surface area contributed by atoms with E-state index < -0.39 is 15.1 Å². The van der Waals surface area contributed by atoms with Crippen LogP contribution in [0.4, 0.5) is 4.79 Å². The number of halogens is 2. The largest absolute Gasteiger partial charge is 0.337 e. The molecule has 2 aliphatic rings. The molecule has 1 aromatic carbocycles. The third-order valence-electron chi connectivity index (χ3n) is 5.53. The molecule has 2 heterocycles. The van der Waals surface area contributed by atoms with Crippen LogP contribution in [0, 0.1) is 0 Å². The number of carbonyl (C=O) groups excluding carboxylic acids is 1. The van der Waals surface area contributed by atoms with E-state index in [-0.39, 0.29) is 29.9 Å². The van der Waals surface area contributed by atoms with Gasteiger partial charge >= 0.3 is 6.03 Å². The predicted molar refractivity (Wildman–Crippen MR) is 118 cm³/mol. The van der Waals surface area contributed by atoms with Gasteiger partial charge < -0.3 is 15.1 Å². The highest BCUT2D eigenvalue weighted by atomic mass is 35.5. The van der Waals surface area contributed by atoms with Gasteiger partial charge in [0.1, 0.15) is 0 Å². The van der Waals surface area contributed by atoms with Crippen LogP contribution in [0.5, 0.6) is 0 Å². The van der Waals surface area contributed by atoms with Crippen molar-refractivity contribution < 1.29 is 13.2 Å². The van der Waals surface area contributed by atoms with Gasteiger partial charge in [-0.1, -0.05) is 17.7 Å². The minimum atomic E-state index is -3.51. The van der Waals surface area contributed by atoms with Gasteiger partial charge in [-0.3, -0.25) is 4.90 Å². The van der Waals surface area contributed by atoms with Crippen LogP contribution in [0.3, 0.4) is 0 Å². The van der Waals surface area contributed by atoms with Crippen LogP contribution in [0.15, 0.2) is 29.2 Å². The van der Waals surface area contributed by atoms with Gasteiger partial charge in [-0.15, -0.1) is 12.4 Å². The zero-order valence-corrected chi connectivity index (χ0v) is 19.1. The van der Waals surface area contributed by atoms with Gasteiger partial charge in [-0.25, -0.2) is 13.2 Å². The van der Waals surface area contributed by atoms with Crippen molar-refractivity contribution >= 4 is 39.9 Å². The molecule has 0 saturated carbocycles. The molecule has 2 aliphatic heterocycles. The minimum absolute atomic E-state index is 0. The summed E-state index contributed by atoms with van der Waals surface area (Å²) >= 11 is 5.95. The smallest absolute Gasteiger partial charge is 0.317 e. The minimum Gasteiger partial charge on any atom is -0.337 e. The van der Waals surface area contributed by atoms with Crippen molar-refractivity contribution in [1.82, 2.24) is 20.0 Å². The quantitative estimate of drug-likeness (QED) is 0.720. The van der Waals surface area contributed by atoms with Crippen LogP contribution >= 0.6 is 24.0 Å². The van der Waals surface area contributed by atoms with Crippen molar-refractivity contribution in [3.63, 3.8) is 0 Å². The van der Waals surface area contributed by atoms with Gasteiger partial charge in [0.2, 0.25) is 0 Å². The number of sulfone groups is 1. The molecule has 0 aromatic heterocycles. The fraction of sp³-hybridized carbons (Fsp3) is 0.632. The van der Waals surface area contributed by atoms with E-state index in [4.69, 9.17) is 11.6 Å². The van der Waals surface area contributed by atoms with Crippen molar-refractivity contribution in [2.24, 2.45) is 0 Å². The van der Waals surface area contributed by atoms with Crippen LogP contribution in [0.1, 0.15) is 12.8 Å². The van der Waals surface area contributed by atoms with Crippen molar-refractivity contribution in [1.29, 1.82) is 0 Å². The van der Waals surface area contributed by atoms with Crippen molar-refractivity contribution in [2.45, 2.75) is 23.0 Å². The Morgan fingerprint density at radius 2 is 1.93 bits per heavy atom. The maximum absolute atomic E-state index is 12.9. The summed E-state index contributed by atoms with van der Waals surface area (Å²) in [6.07, 6.45) is 1.23. The SMILES string of the molecule is CN1CCN(CCNC(=O)N2CCCC(S(=O)(=O)c3cccc(Cl)c3)C2)CC1.Cl. The maximum Gasteiger partial charge on any atom is 0.317 e. The summed E-state index contributed by atoms with van der Waals surface area (Å²) in [4.78, 5) is 19.0. The molecule has 1 N–H and O–H groups in total. The second kappa shape index (κ2) is 10.8. The normalized spacial score (nSPS) is 21.4. The van der Waals surface area contributed by atoms with E-state index in [1.54, 1.807) is 23.1 Å². The van der Waals surface area contributed by atoms with Crippen LogP contribution < -0.4 is 5.32 Å². The Morgan fingerprint density at radius 3 is 2.62 bits per heavy atom. The molecule has 0 aliphatic carbocycles. The molecule has 164 valence electrons. The number of piperazine rings is 1. The fourth-order valence-corrected chi connectivity index (χ4v) is 5.77. The molecule has 2 fully saturated rings. The fourth-order valence-electron chi connectivity index (χ4n) is 3.72. The first-order chi connectivity index (χ1) is 13.4. The summed E-state index contributed by atoms with van der Waals surface area (Å²) in [5.74, 6) is 0. The van der Waals surface area contributed by atoms with E-state index in [9.17, 15) is 13.2 Å². The van der Waals surface area contributed by atoms with Gasteiger partial charge in [0, 0.05) is 57.4 Å². The molecule has 1 atom stereocenters. The summed E-state index contributed by atoms with van der Waals surface area (Å²) in [7, 11) is -1.40.